The molecule has 0 bridgehead atoms. The number of aromatic nitrogens is 3. The Hall–Kier alpha value is -3.97. The predicted octanol–water partition coefficient (Wildman–Crippen LogP) is 4.58. The average Bonchev–Trinajstić information content (AvgIpc) is 3.43. The summed E-state index contributed by atoms with van der Waals surface area (Å²) in [5.41, 5.74) is 1.97. The lowest BCUT2D eigenvalue weighted by Gasteiger charge is -2.36. The van der Waals surface area contributed by atoms with Gasteiger partial charge in [0.15, 0.2) is 5.54 Å². The second kappa shape index (κ2) is 9.35. The van der Waals surface area contributed by atoms with E-state index in [1.807, 2.05) is 54.6 Å². The first-order chi connectivity index (χ1) is 17.0. The van der Waals surface area contributed by atoms with Crippen molar-refractivity contribution in [2.45, 2.75) is 25.4 Å². The second-order valence-electron chi connectivity index (χ2n) is 8.31. The van der Waals surface area contributed by atoms with Crippen LogP contribution in [0.15, 0.2) is 85.1 Å². The van der Waals surface area contributed by atoms with E-state index in [0.717, 1.165) is 11.3 Å². The third kappa shape index (κ3) is 4.08. The summed E-state index contributed by atoms with van der Waals surface area (Å²) < 4.78 is 7.20. The maximum atomic E-state index is 13.7. The quantitative estimate of drug-likeness (QED) is 0.357. The lowest BCUT2D eigenvalue weighted by Crippen LogP contribution is -2.52. The van der Waals surface area contributed by atoms with Crippen LogP contribution in [-0.2, 0) is 28.0 Å². The van der Waals surface area contributed by atoms with E-state index in [-0.39, 0.29) is 25.5 Å². The highest BCUT2D eigenvalue weighted by molar-refractivity contribution is 6.30. The molecule has 4 aromatic rings. The molecular formula is C27H23ClN4O3. The Kier molecular flexibility index (Phi) is 6.09. The van der Waals surface area contributed by atoms with Crippen LogP contribution < -0.4 is 0 Å². The standard InChI is InChI=1S/C27H23ClN4O3/c1-2-35-26(34)27(16-21-18-32(30-29-21)22-14-12-20(28)13-15-22)24-11-7-6-10-23(24)25(33)31(27)17-19-8-4-3-5-9-19/h3-15,18H,2,16-17H2,1H3. The summed E-state index contributed by atoms with van der Waals surface area (Å²) in [5, 5.41) is 9.20. The van der Waals surface area contributed by atoms with Gasteiger partial charge in [0, 0.05) is 29.1 Å². The molecule has 35 heavy (non-hydrogen) atoms. The zero-order valence-corrected chi connectivity index (χ0v) is 19.9. The molecule has 7 nitrogen and oxygen atoms in total. The number of carbonyl (C=O) groups is 2. The Morgan fingerprint density at radius 1 is 1.00 bits per heavy atom. The van der Waals surface area contributed by atoms with Crippen LogP contribution in [0.4, 0.5) is 0 Å². The van der Waals surface area contributed by atoms with Crippen molar-refractivity contribution in [1.82, 2.24) is 19.9 Å². The van der Waals surface area contributed by atoms with E-state index in [9.17, 15) is 9.59 Å². The summed E-state index contributed by atoms with van der Waals surface area (Å²) in [6.45, 7) is 2.19. The third-order valence-electron chi connectivity index (χ3n) is 6.17. The molecule has 1 aliphatic rings. The molecule has 0 radical (unpaired) electrons. The van der Waals surface area contributed by atoms with Gasteiger partial charge in [-0.3, -0.25) is 4.79 Å². The molecule has 1 aromatic heterocycles. The highest BCUT2D eigenvalue weighted by Crippen LogP contribution is 2.43. The minimum absolute atomic E-state index is 0.120. The van der Waals surface area contributed by atoms with Crippen molar-refractivity contribution in [1.29, 1.82) is 0 Å². The largest absolute Gasteiger partial charge is 0.464 e. The summed E-state index contributed by atoms with van der Waals surface area (Å²) in [5.74, 6) is -0.710. The lowest BCUT2D eigenvalue weighted by atomic mass is 9.85. The van der Waals surface area contributed by atoms with Gasteiger partial charge in [0.1, 0.15) is 0 Å². The minimum Gasteiger partial charge on any atom is -0.464 e. The van der Waals surface area contributed by atoms with Gasteiger partial charge in [-0.25, -0.2) is 9.48 Å². The van der Waals surface area contributed by atoms with E-state index in [2.05, 4.69) is 10.3 Å². The zero-order valence-electron chi connectivity index (χ0n) is 19.1. The smallest absolute Gasteiger partial charge is 0.337 e. The molecule has 8 heteroatoms. The van der Waals surface area contributed by atoms with Crippen LogP contribution in [0.2, 0.25) is 5.02 Å². The molecule has 0 spiro atoms. The molecule has 176 valence electrons. The third-order valence-corrected chi connectivity index (χ3v) is 6.43. The van der Waals surface area contributed by atoms with Crippen molar-refractivity contribution >= 4 is 23.5 Å². The highest BCUT2D eigenvalue weighted by atomic mass is 35.5. The van der Waals surface area contributed by atoms with Crippen LogP contribution in [0.1, 0.15) is 34.1 Å². The molecule has 1 aliphatic heterocycles. The van der Waals surface area contributed by atoms with Crippen LogP contribution >= 0.6 is 11.6 Å². The lowest BCUT2D eigenvalue weighted by molar-refractivity contribution is -0.157. The van der Waals surface area contributed by atoms with Crippen LogP contribution in [0.3, 0.4) is 0 Å². The Labute approximate surface area is 207 Å². The van der Waals surface area contributed by atoms with Gasteiger partial charge < -0.3 is 9.64 Å². The van der Waals surface area contributed by atoms with Gasteiger partial charge in [-0.1, -0.05) is 65.3 Å². The Morgan fingerprint density at radius 3 is 2.46 bits per heavy atom. The summed E-state index contributed by atoms with van der Waals surface area (Å²) in [6, 6.07) is 24.0. The van der Waals surface area contributed by atoms with Crippen molar-refractivity contribution < 1.29 is 14.3 Å². The number of hydrogen-bond acceptors (Lipinski definition) is 5. The first-order valence-corrected chi connectivity index (χ1v) is 11.7. The number of benzene rings is 3. The van der Waals surface area contributed by atoms with Crippen molar-refractivity contribution in [3.05, 3.63) is 112 Å². The number of fused-ring (bicyclic) bond motifs is 1. The molecule has 2 heterocycles. The maximum absolute atomic E-state index is 13.7. The number of rotatable bonds is 7. The fourth-order valence-corrected chi connectivity index (χ4v) is 4.69. The number of hydrogen-bond donors (Lipinski definition) is 0. The van der Waals surface area contributed by atoms with Gasteiger partial charge in [-0.2, -0.15) is 0 Å². The van der Waals surface area contributed by atoms with Gasteiger partial charge in [0.05, 0.1) is 24.2 Å². The number of nitrogens with zero attached hydrogens (tertiary/aromatic N) is 4. The molecule has 5 rings (SSSR count). The fraction of sp³-hybridized carbons (Fsp3) is 0.185. The van der Waals surface area contributed by atoms with Gasteiger partial charge in [-0.15, -0.1) is 5.10 Å². The van der Waals surface area contributed by atoms with E-state index in [0.29, 0.717) is 21.8 Å². The fourth-order valence-electron chi connectivity index (χ4n) is 4.56. The summed E-state index contributed by atoms with van der Waals surface area (Å²) >= 11 is 6.01. The van der Waals surface area contributed by atoms with Crippen LogP contribution in [-0.4, -0.2) is 38.4 Å². The average molecular weight is 487 g/mol. The number of halogens is 1. The normalized spacial score (nSPS) is 16.9. The van der Waals surface area contributed by atoms with Crippen molar-refractivity contribution in [2.24, 2.45) is 0 Å². The van der Waals surface area contributed by atoms with Gasteiger partial charge >= 0.3 is 5.97 Å². The van der Waals surface area contributed by atoms with Crippen LogP contribution in [0, 0.1) is 0 Å². The Balaban J connectivity index is 1.61. The topological polar surface area (TPSA) is 77.3 Å². The van der Waals surface area contributed by atoms with Gasteiger partial charge in [0.2, 0.25) is 0 Å². The van der Waals surface area contributed by atoms with E-state index in [4.69, 9.17) is 16.3 Å². The molecule has 3 aromatic carbocycles. The summed E-state index contributed by atoms with van der Waals surface area (Å²) in [4.78, 5) is 29.0. The summed E-state index contributed by atoms with van der Waals surface area (Å²) in [7, 11) is 0. The Bertz CT molecular complexity index is 1370. The molecule has 0 saturated heterocycles. The monoisotopic (exact) mass is 486 g/mol. The van der Waals surface area contributed by atoms with Crippen LogP contribution in [0.5, 0.6) is 0 Å². The van der Waals surface area contributed by atoms with Crippen LogP contribution in [0.25, 0.3) is 5.69 Å². The first kappa shape index (κ1) is 22.8. The van der Waals surface area contributed by atoms with Gasteiger partial charge in [0.25, 0.3) is 5.91 Å². The summed E-state index contributed by atoms with van der Waals surface area (Å²) in [6.07, 6.45) is 1.88. The molecule has 0 N–H and O–H groups in total. The van der Waals surface area contributed by atoms with Crippen molar-refractivity contribution in [3.8, 4) is 5.69 Å². The van der Waals surface area contributed by atoms with E-state index in [1.54, 1.807) is 47.0 Å². The first-order valence-electron chi connectivity index (χ1n) is 11.3. The van der Waals surface area contributed by atoms with Crippen molar-refractivity contribution in [2.75, 3.05) is 6.61 Å². The number of amides is 1. The van der Waals surface area contributed by atoms with E-state index < -0.39 is 11.5 Å². The molecular weight excluding hydrogens is 464 g/mol. The number of esters is 1. The minimum atomic E-state index is -1.37. The highest BCUT2D eigenvalue weighted by Gasteiger charge is 2.56. The maximum Gasteiger partial charge on any atom is 0.337 e. The van der Waals surface area contributed by atoms with Crippen molar-refractivity contribution in [3.63, 3.8) is 0 Å². The molecule has 0 saturated carbocycles. The molecule has 1 atom stereocenters. The molecule has 0 fully saturated rings. The molecule has 1 unspecified atom stereocenters. The Morgan fingerprint density at radius 2 is 1.71 bits per heavy atom. The molecule has 1 amide bonds. The predicted molar refractivity (Wildman–Crippen MR) is 131 cm³/mol. The zero-order chi connectivity index (χ0) is 24.4. The molecule has 0 aliphatic carbocycles. The second-order valence-corrected chi connectivity index (χ2v) is 8.75. The number of ether oxygens (including phenoxy) is 1. The van der Waals surface area contributed by atoms with E-state index >= 15 is 0 Å². The number of carbonyl (C=O) groups excluding carboxylic acids is 2. The SMILES string of the molecule is CCOC(=O)C1(Cc2cn(-c3ccc(Cl)cc3)nn2)c2ccccc2C(=O)N1Cc1ccccc1. The van der Waals surface area contributed by atoms with E-state index in [1.165, 1.54) is 0 Å². The van der Waals surface area contributed by atoms with Gasteiger partial charge in [-0.05, 0) is 42.8 Å².